The summed E-state index contributed by atoms with van der Waals surface area (Å²) >= 11 is 0. The van der Waals surface area contributed by atoms with Crippen LogP contribution in [0.25, 0.3) is 11.4 Å². The van der Waals surface area contributed by atoms with Gasteiger partial charge in [0.25, 0.3) is 10.0 Å². The van der Waals surface area contributed by atoms with Crippen molar-refractivity contribution < 1.29 is 18.3 Å². The molecule has 0 saturated heterocycles. The van der Waals surface area contributed by atoms with Crippen molar-refractivity contribution in [3.8, 4) is 11.4 Å². The molecule has 0 aliphatic rings. The third kappa shape index (κ3) is 3.89. The van der Waals surface area contributed by atoms with Crippen LogP contribution in [-0.4, -0.2) is 34.7 Å². The number of aromatic nitrogens is 3. The largest absolute Gasteiger partial charge is 0.478 e. The van der Waals surface area contributed by atoms with Gasteiger partial charge in [0.2, 0.25) is 0 Å². The Labute approximate surface area is 162 Å². The smallest absolute Gasteiger partial charge is 0.335 e. The fraction of sp³-hybridized carbons (Fsp3) is 0.211. The number of sulfonamides is 1. The Bertz CT molecular complexity index is 1140. The summed E-state index contributed by atoms with van der Waals surface area (Å²) in [7, 11) is -4.01. The number of H-pyrrole nitrogens is 1. The van der Waals surface area contributed by atoms with E-state index in [2.05, 4.69) is 19.9 Å². The number of carbonyl (C=O) groups is 1. The lowest BCUT2D eigenvalue weighted by molar-refractivity contribution is 0.0696. The van der Waals surface area contributed by atoms with E-state index in [4.69, 9.17) is 0 Å². The first-order chi connectivity index (χ1) is 13.2. The number of nitrogens with one attached hydrogen (secondary N) is 2. The van der Waals surface area contributed by atoms with E-state index in [0.29, 0.717) is 28.5 Å². The minimum Gasteiger partial charge on any atom is -0.478 e. The van der Waals surface area contributed by atoms with Crippen LogP contribution in [0.15, 0.2) is 47.4 Å². The molecule has 146 valence electrons. The predicted molar refractivity (Wildman–Crippen MR) is 105 cm³/mol. The minimum absolute atomic E-state index is 0.0632. The van der Waals surface area contributed by atoms with Gasteiger partial charge in [0.05, 0.1) is 16.1 Å². The standard InChI is InChI=1S/C19H20N4O4S/c1-11(2)17-20-18(22-21-17)14-6-4-5-7-16(14)23-28(26,27)13-9-8-12(3)15(10-13)19(24)25/h4-11,23H,1-3H3,(H,24,25)(H,20,21,22). The second-order valence-corrected chi connectivity index (χ2v) is 8.31. The molecule has 0 atom stereocenters. The van der Waals surface area contributed by atoms with Crippen LogP contribution in [0, 0.1) is 6.92 Å². The zero-order chi connectivity index (χ0) is 20.5. The molecule has 0 aliphatic carbocycles. The van der Waals surface area contributed by atoms with Crippen LogP contribution in [0.4, 0.5) is 5.69 Å². The number of aromatic amines is 1. The maximum absolute atomic E-state index is 12.8. The maximum atomic E-state index is 12.8. The quantitative estimate of drug-likeness (QED) is 0.582. The van der Waals surface area contributed by atoms with Crippen LogP contribution in [0.3, 0.4) is 0 Å². The highest BCUT2D eigenvalue weighted by Crippen LogP contribution is 2.28. The molecule has 3 N–H and O–H groups in total. The van der Waals surface area contributed by atoms with Crippen molar-refractivity contribution >= 4 is 21.7 Å². The van der Waals surface area contributed by atoms with Crippen molar-refractivity contribution in [2.75, 3.05) is 4.72 Å². The predicted octanol–water partition coefficient (Wildman–Crippen LogP) is 3.40. The molecule has 9 heteroatoms. The van der Waals surface area contributed by atoms with E-state index in [1.165, 1.54) is 12.1 Å². The van der Waals surface area contributed by atoms with Crippen LogP contribution in [-0.2, 0) is 10.0 Å². The van der Waals surface area contributed by atoms with Gasteiger partial charge in [-0.05, 0) is 36.8 Å². The summed E-state index contributed by atoms with van der Waals surface area (Å²) in [6, 6.07) is 10.7. The fourth-order valence-electron chi connectivity index (χ4n) is 2.62. The summed E-state index contributed by atoms with van der Waals surface area (Å²) in [5, 5.41) is 16.3. The number of anilines is 1. The molecule has 0 spiro atoms. The number of hydrogen-bond donors (Lipinski definition) is 3. The summed E-state index contributed by atoms with van der Waals surface area (Å²) in [4.78, 5) is 15.6. The van der Waals surface area contributed by atoms with Gasteiger partial charge in [-0.3, -0.25) is 9.82 Å². The average Bonchev–Trinajstić information content (AvgIpc) is 3.12. The van der Waals surface area contributed by atoms with E-state index in [-0.39, 0.29) is 16.4 Å². The molecule has 3 rings (SSSR count). The van der Waals surface area contributed by atoms with Crippen LogP contribution in [0.1, 0.15) is 41.5 Å². The Kier molecular flexibility index (Phi) is 5.19. The van der Waals surface area contributed by atoms with Gasteiger partial charge in [0.1, 0.15) is 5.82 Å². The van der Waals surface area contributed by atoms with Crippen LogP contribution >= 0.6 is 0 Å². The lowest BCUT2D eigenvalue weighted by atomic mass is 10.1. The first-order valence-electron chi connectivity index (χ1n) is 8.57. The zero-order valence-electron chi connectivity index (χ0n) is 15.6. The maximum Gasteiger partial charge on any atom is 0.335 e. The molecule has 0 amide bonds. The Morgan fingerprint density at radius 2 is 1.89 bits per heavy atom. The van der Waals surface area contributed by atoms with E-state index in [0.717, 1.165) is 6.07 Å². The number of aryl methyl sites for hydroxylation is 1. The van der Waals surface area contributed by atoms with E-state index in [9.17, 15) is 18.3 Å². The molecule has 0 bridgehead atoms. The molecule has 0 radical (unpaired) electrons. The number of carboxylic acids is 1. The van der Waals surface area contributed by atoms with E-state index in [1.54, 1.807) is 31.2 Å². The van der Waals surface area contributed by atoms with E-state index >= 15 is 0 Å². The molecule has 28 heavy (non-hydrogen) atoms. The van der Waals surface area contributed by atoms with Gasteiger partial charge < -0.3 is 5.11 Å². The normalized spacial score (nSPS) is 11.6. The minimum atomic E-state index is -4.01. The van der Waals surface area contributed by atoms with Gasteiger partial charge in [0.15, 0.2) is 5.82 Å². The first-order valence-corrected chi connectivity index (χ1v) is 10.1. The van der Waals surface area contributed by atoms with Crippen LogP contribution in [0.2, 0.25) is 0 Å². The lowest BCUT2D eigenvalue weighted by Crippen LogP contribution is -2.15. The highest BCUT2D eigenvalue weighted by atomic mass is 32.2. The molecule has 2 aromatic carbocycles. The number of rotatable bonds is 6. The fourth-order valence-corrected chi connectivity index (χ4v) is 3.73. The highest BCUT2D eigenvalue weighted by Gasteiger charge is 2.20. The molecule has 0 unspecified atom stereocenters. The molecule has 1 heterocycles. The van der Waals surface area contributed by atoms with Crippen molar-refractivity contribution in [1.82, 2.24) is 15.2 Å². The Morgan fingerprint density at radius 3 is 2.54 bits per heavy atom. The molecule has 0 fully saturated rings. The Hall–Kier alpha value is -3.20. The van der Waals surface area contributed by atoms with Crippen molar-refractivity contribution in [3.05, 3.63) is 59.4 Å². The van der Waals surface area contributed by atoms with E-state index < -0.39 is 16.0 Å². The first kappa shape index (κ1) is 19.6. The lowest BCUT2D eigenvalue weighted by Gasteiger charge is -2.12. The number of hydrogen-bond acceptors (Lipinski definition) is 5. The molecule has 3 aromatic rings. The van der Waals surface area contributed by atoms with Gasteiger partial charge in [-0.2, -0.15) is 5.10 Å². The van der Waals surface area contributed by atoms with Crippen LogP contribution < -0.4 is 4.72 Å². The number of benzene rings is 2. The van der Waals surface area contributed by atoms with E-state index in [1.807, 2.05) is 13.8 Å². The molecular weight excluding hydrogens is 380 g/mol. The molecule has 0 saturated carbocycles. The summed E-state index contributed by atoms with van der Waals surface area (Å²) in [5.74, 6) is 0.0263. The molecule has 0 aliphatic heterocycles. The van der Waals surface area contributed by atoms with Gasteiger partial charge in [-0.15, -0.1) is 0 Å². The SMILES string of the molecule is Cc1ccc(S(=O)(=O)Nc2ccccc2-c2n[nH]c(C(C)C)n2)cc1C(=O)O. The molecular formula is C19H20N4O4S. The second kappa shape index (κ2) is 7.43. The number of para-hydroxylation sites is 1. The summed E-state index contributed by atoms with van der Waals surface area (Å²) in [5.41, 5.74) is 1.23. The van der Waals surface area contributed by atoms with Crippen molar-refractivity contribution in [3.63, 3.8) is 0 Å². The third-order valence-corrected chi connectivity index (χ3v) is 5.57. The van der Waals surface area contributed by atoms with Gasteiger partial charge in [-0.1, -0.05) is 32.0 Å². The number of aromatic carboxylic acids is 1. The van der Waals surface area contributed by atoms with Gasteiger partial charge in [-0.25, -0.2) is 18.2 Å². The monoisotopic (exact) mass is 400 g/mol. The molecule has 1 aromatic heterocycles. The second-order valence-electron chi connectivity index (χ2n) is 6.63. The third-order valence-electron chi connectivity index (χ3n) is 4.21. The summed E-state index contributed by atoms with van der Waals surface area (Å²) < 4.78 is 28.2. The number of nitrogens with zero attached hydrogens (tertiary/aromatic N) is 2. The topological polar surface area (TPSA) is 125 Å². The highest BCUT2D eigenvalue weighted by molar-refractivity contribution is 7.92. The van der Waals surface area contributed by atoms with Crippen molar-refractivity contribution in [2.45, 2.75) is 31.6 Å². The average molecular weight is 400 g/mol. The van der Waals surface area contributed by atoms with Crippen molar-refractivity contribution in [2.24, 2.45) is 0 Å². The summed E-state index contributed by atoms with van der Waals surface area (Å²) in [6.07, 6.45) is 0. The Morgan fingerprint density at radius 1 is 1.18 bits per heavy atom. The number of carboxylic acid groups (broad SMARTS) is 1. The summed E-state index contributed by atoms with van der Waals surface area (Å²) in [6.45, 7) is 5.55. The Balaban J connectivity index is 2.00. The zero-order valence-corrected chi connectivity index (χ0v) is 16.4. The van der Waals surface area contributed by atoms with Crippen molar-refractivity contribution in [1.29, 1.82) is 0 Å². The van der Waals surface area contributed by atoms with Gasteiger partial charge >= 0.3 is 5.97 Å². The molecule has 8 nitrogen and oxygen atoms in total. The van der Waals surface area contributed by atoms with Crippen LogP contribution in [0.5, 0.6) is 0 Å². The van der Waals surface area contributed by atoms with Gasteiger partial charge in [0, 0.05) is 11.5 Å².